The van der Waals surface area contributed by atoms with Crippen molar-refractivity contribution in [2.24, 2.45) is 11.3 Å². The number of nitrogens with zero attached hydrogens (tertiary/aromatic N) is 1. The second kappa shape index (κ2) is 5.65. The van der Waals surface area contributed by atoms with Crippen molar-refractivity contribution in [1.29, 1.82) is 0 Å². The lowest BCUT2D eigenvalue weighted by Crippen LogP contribution is -2.38. The molecule has 1 atom stereocenters. The normalized spacial score (nSPS) is 19.4. The van der Waals surface area contributed by atoms with E-state index in [9.17, 15) is 9.59 Å². The Balaban J connectivity index is 1.97. The molecule has 1 aliphatic rings. The van der Waals surface area contributed by atoms with Crippen molar-refractivity contribution in [2.45, 2.75) is 26.7 Å². The summed E-state index contributed by atoms with van der Waals surface area (Å²) in [6.45, 7) is 4.34. The molecule has 4 nitrogen and oxygen atoms in total. The summed E-state index contributed by atoms with van der Waals surface area (Å²) in [4.78, 5) is 24.8. The number of aliphatic carboxylic acids is 1. The van der Waals surface area contributed by atoms with Crippen LogP contribution in [-0.2, 0) is 16.0 Å². The highest BCUT2D eigenvalue weighted by atomic mass is 16.4. The van der Waals surface area contributed by atoms with E-state index in [1.54, 1.807) is 0 Å². The van der Waals surface area contributed by atoms with E-state index in [1.807, 2.05) is 44.2 Å². The van der Waals surface area contributed by atoms with Crippen LogP contribution in [0.5, 0.6) is 0 Å². The van der Waals surface area contributed by atoms with Crippen LogP contribution < -0.4 is 0 Å². The van der Waals surface area contributed by atoms with Crippen LogP contribution in [-0.4, -0.2) is 35.0 Å². The minimum absolute atomic E-state index is 0.0161. The van der Waals surface area contributed by atoms with Crippen molar-refractivity contribution in [3.8, 4) is 0 Å². The van der Waals surface area contributed by atoms with Gasteiger partial charge in [-0.1, -0.05) is 44.2 Å². The van der Waals surface area contributed by atoms with E-state index >= 15 is 0 Å². The summed E-state index contributed by atoms with van der Waals surface area (Å²) in [5.74, 6) is -0.990. The van der Waals surface area contributed by atoms with Gasteiger partial charge < -0.3 is 10.0 Å². The van der Waals surface area contributed by atoms with Crippen LogP contribution in [0, 0.1) is 11.3 Å². The van der Waals surface area contributed by atoms with E-state index in [4.69, 9.17) is 5.11 Å². The van der Waals surface area contributed by atoms with Crippen LogP contribution >= 0.6 is 0 Å². The van der Waals surface area contributed by atoms with Gasteiger partial charge in [0.15, 0.2) is 0 Å². The number of carbonyl (C=O) groups excluding carboxylic acids is 1. The minimum atomic E-state index is -0.954. The third-order valence-corrected chi connectivity index (χ3v) is 3.96. The summed E-state index contributed by atoms with van der Waals surface area (Å²) in [7, 11) is 0. The van der Waals surface area contributed by atoms with Gasteiger partial charge in [0, 0.05) is 12.5 Å². The highest BCUT2D eigenvalue weighted by Gasteiger charge is 2.52. The zero-order valence-electron chi connectivity index (χ0n) is 12.0. The summed E-state index contributed by atoms with van der Waals surface area (Å²) in [6.07, 6.45) is 1.54. The lowest BCUT2D eigenvalue weighted by Gasteiger charge is -2.21. The molecule has 1 aromatic carbocycles. The highest BCUT2D eigenvalue weighted by molar-refractivity contribution is 5.85. The number of hydrogen-bond acceptors (Lipinski definition) is 2. The largest absolute Gasteiger partial charge is 0.480 e. The molecule has 4 heteroatoms. The molecule has 0 heterocycles. The Morgan fingerprint density at radius 1 is 1.30 bits per heavy atom. The molecule has 0 bridgehead atoms. The highest BCUT2D eigenvalue weighted by Crippen LogP contribution is 2.52. The van der Waals surface area contributed by atoms with Gasteiger partial charge in [0.1, 0.15) is 6.54 Å². The standard InChI is InChI=1S/C16H21NO3/c1-16(2)10-13(16)15(20)17(11-14(18)19)9-8-12-6-4-3-5-7-12/h3-7,13H,8-11H2,1-2H3,(H,18,19). The van der Waals surface area contributed by atoms with E-state index in [0.29, 0.717) is 13.0 Å². The maximum absolute atomic E-state index is 12.3. The zero-order chi connectivity index (χ0) is 14.8. The molecule has 1 saturated carbocycles. The zero-order valence-corrected chi connectivity index (χ0v) is 12.0. The molecule has 2 rings (SSSR count). The number of carbonyl (C=O) groups is 2. The first-order valence-corrected chi connectivity index (χ1v) is 6.94. The van der Waals surface area contributed by atoms with Crippen LogP contribution in [0.2, 0.25) is 0 Å². The minimum Gasteiger partial charge on any atom is -0.480 e. The first kappa shape index (κ1) is 14.6. The Labute approximate surface area is 119 Å². The maximum Gasteiger partial charge on any atom is 0.323 e. The van der Waals surface area contributed by atoms with E-state index in [0.717, 1.165) is 12.0 Å². The Morgan fingerprint density at radius 2 is 1.90 bits per heavy atom. The molecule has 1 aromatic rings. The Hall–Kier alpha value is -1.84. The lowest BCUT2D eigenvalue weighted by molar-refractivity contribution is -0.145. The van der Waals surface area contributed by atoms with Gasteiger partial charge in [-0.05, 0) is 23.8 Å². The van der Waals surface area contributed by atoms with E-state index in [2.05, 4.69) is 0 Å². The van der Waals surface area contributed by atoms with Gasteiger partial charge in [-0.3, -0.25) is 9.59 Å². The molecule has 1 N–H and O–H groups in total. The molecule has 1 unspecified atom stereocenters. The van der Waals surface area contributed by atoms with Crippen molar-refractivity contribution in [3.63, 3.8) is 0 Å². The fraction of sp³-hybridized carbons (Fsp3) is 0.500. The first-order chi connectivity index (χ1) is 9.40. The Kier molecular flexibility index (Phi) is 4.12. The predicted molar refractivity (Wildman–Crippen MR) is 76.2 cm³/mol. The summed E-state index contributed by atoms with van der Waals surface area (Å²) in [5.41, 5.74) is 1.14. The van der Waals surface area contributed by atoms with Crippen LogP contribution in [0.1, 0.15) is 25.8 Å². The summed E-state index contributed by atoms with van der Waals surface area (Å²) < 4.78 is 0. The molecule has 0 aliphatic heterocycles. The van der Waals surface area contributed by atoms with E-state index in [-0.39, 0.29) is 23.8 Å². The average molecular weight is 275 g/mol. The number of benzene rings is 1. The van der Waals surface area contributed by atoms with Crippen LogP contribution in [0.4, 0.5) is 0 Å². The van der Waals surface area contributed by atoms with Crippen molar-refractivity contribution >= 4 is 11.9 Å². The van der Waals surface area contributed by atoms with Gasteiger partial charge in [0.25, 0.3) is 0 Å². The predicted octanol–water partition coefficient (Wildman–Crippen LogP) is 2.19. The number of carboxylic acid groups (broad SMARTS) is 1. The lowest BCUT2D eigenvalue weighted by atomic mass is 10.1. The third kappa shape index (κ3) is 3.59. The smallest absolute Gasteiger partial charge is 0.323 e. The van der Waals surface area contributed by atoms with Crippen LogP contribution in [0.25, 0.3) is 0 Å². The summed E-state index contributed by atoms with van der Waals surface area (Å²) in [6, 6.07) is 9.82. The van der Waals surface area contributed by atoms with Crippen molar-refractivity contribution < 1.29 is 14.7 Å². The molecule has 20 heavy (non-hydrogen) atoms. The van der Waals surface area contributed by atoms with Crippen LogP contribution in [0.15, 0.2) is 30.3 Å². The fourth-order valence-corrected chi connectivity index (χ4v) is 2.45. The summed E-state index contributed by atoms with van der Waals surface area (Å²) >= 11 is 0. The number of rotatable bonds is 6. The molecule has 0 saturated heterocycles. The van der Waals surface area contributed by atoms with Gasteiger partial charge >= 0.3 is 5.97 Å². The Morgan fingerprint density at radius 3 is 2.40 bits per heavy atom. The van der Waals surface area contributed by atoms with Gasteiger partial charge in [0.2, 0.25) is 5.91 Å². The van der Waals surface area contributed by atoms with Gasteiger partial charge in [-0.25, -0.2) is 0 Å². The molecule has 0 aromatic heterocycles. The molecule has 1 aliphatic carbocycles. The first-order valence-electron chi connectivity index (χ1n) is 6.94. The molecular weight excluding hydrogens is 254 g/mol. The third-order valence-electron chi connectivity index (χ3n) is 3.96. The number of carboxylic acids is 1. The molecule has 108 valence electrons. The van der Waals surface area contributed by atoms with E-state index in [1.165, 1.54) is 4.90 Å². The van der Waals surface area contributed by atoms with Crippen molar-refractivity contribution in [1.82, 2.24) is 4.90 Å². The average Bonchev–Trinajstić information content (AvgIpc) is 3.03. The van der Waals surface area contributed by atoms with E-state index < -0.39 is 5.97 Å². The van der Waals surface area contributed by atoms with Crippen molar-refractivity contribution in [3.05, 3.63) is 35.9 Å². The second-order valence-electron chi connectivity index (χ2n) is 6.13. The topological polar surface area (TPSA) is 57.6 Å². The molecule has 0 radical (unpaired) electrons. The van der Waals surface area contributed by atoms with Gasteiger partial charge in [0.05, 0.1) is 0 Å². The summed E-state index contributed by atoms with van der Waals surface area (Å²) in [5, 5.41) is 8.97. The van der Waals surface area contributed by atoms with Gasteiger partial charge in [-0.2, -0.15) is 0 Å². The fourth-order valence-electron chi connectivity index (χ4n) is 2.45. The second-order valence-corrected chi connectivity index (χ2v) is 6.13. The molecule has 1 amide bonds. The molecular formula is C16H21NO3. The SMILES string of the molecule is CC1(C)CC1C(=O)N(CCc1ccccc1)CC(=O)O. The van der Waals surface area contributed by atoms with Crippen molar-refractivity contribution in [2.75, 3.05) is 13.1 Å². The van der Waals surface area contributed by atoms with Crippen LogP contribution in [0.3, 0.4) is 0 Å². The van der Waals surface area contributed by atoms with Gasteiger partial charge in [-0.15, -0.1) is 0 Å². The Bertz CT molecular complexity index is 496. The quantitative estimate of drug-likeness (QED) is 0.865. The molecule has 0 spiro atoms. The maximum atomic E-state index is 12.3. The number of hydrogen-bond donors (Lipinski definition) is 1. The molecule has 1 fully saturated rings. The number of amides is 1. The monoisotopic (exact) mass is 275 g/mol.